The maximum Gasteiger partial charge on any atom is 0.235 e. The van der Waals surface area contributed by atoms with E-state index in [1.807, 2.05) is 17.0 Å². The minimum absolute atomic E-state index is 0.0187. The van der Waals surface area contributed by atoms with Gasteiger partial charge in [-0.3, -0.25) is 9.69 Å². The van der Waals surface area contributed by atoms with Crippen LogP contribution in [0.3, 0.4) is 0 Å². The quantitative estimate of drug-likeness (QED) is 0.591. The lowest BCUT2D eigenvalue weighted by Crippen LogP contribution is -2.46. The average molecular weight is 208 g/mol. The predicted octanol–water partition coefficient (Wildman–Crippen LogP) is -1.15. The maximum atomic E-state index is 11.2. The van der Waals surface area contributed by atoms with Crippen LogP contribution in [0, 0.1) is 22.7 Å². The van der Waals surface area contributed by atoms with Gasteiger partial charge in [-0.2, -0.15) is 10.5 Å². The molecule has 0 radical (unpaired) electrons. The van der Waals surface area contributed by atoms with Crippen LogP contribution < -0.4 is 5.32 Å². The molecule has 6 nitrogen and oxygen atoms in total. The molecule has 1 fully saturated rings. The number of nitrogens with one attached hydrogen (secondary N) is 1. The minimum atomic E-state index is -0.456. The molecule has 1 aliphatic heterocycles. The van der Waals surface area contributed by atoms with Crippen molar-refractivity contribution < 1.29 is 9.53 Å². The Morgan fingerprint density at radius 2 is 2.40 bits per heavy atom. The highest BCUT2D eigenvalue weighted by Gasteiger charge is 2.21. The molecule has 1 saturated heterocycles. The van der Waals surface area contributed by atoms with E-state index >= 15 is 0 Å². The summed E-state index contributed by atoms with van der Waals surface area (Å²) in [6, 6.07) is 3.83. The Kier molecular flexibility index (Phi) is 4.55. The van der Waals surface area contributed by atoms with Crippen molar-refractivity contribution in [1.29, 1.82) is 10.5 Å². The summed E-state index contributed by atoms with van der Waals surface area (Å²) in [6.07, 6.45) is -0.456. The van der Waals surface area contributed by atoms with Gasteiger partial charge in [-0.1, -0.05) is 0 Å². The van der Waals surface area contributed by atoms with E-state index in [0.717, 1.165) is 0 Å². The lowest BCUT2D eigenvalue weighted by Gasteiger charge is -2.28. The molecule has 15 heavy (non-hydrogen) atoms. The summed E-state index contributed by atoms with van der Waals surface area (Å²) in [7, 11) is 0. The van der Waals surface area contributed by atoms with Gasteiger partial charge in [-0.25, -0.2) is 0 Å². The molecule has 6 heteroatoms. The molecule has 0 aromatic carbocycles. The first kappa shape index (κ1) is 11.4. The van der Waals surface area contributed by atoms with Crippen molar-refractivity contribution in [2.45, 2.75) is 6.10 Å². The largest absolute Gasteiger partial charge is 0.361 e. The fourth-order valence-corrected chi connectivity index (χ4v) is 1.32. The van der Waals surface area contributed by atoms with Crippen LogP contribution in [0.2, 0.25) is 0 Å². The first-order valence-electron chi connectivity index (χ1n) is 4.63. The summed E-state index contributed by atoms with van der Waals surface area (Å²) in [4.78, 5) is 13.1. The van der Waals surface area contributed by atoms with Gasteiger partial charge in [0.1, 0.15) is 6.54 Å². The number of carbonyl (C=O) groups excluding carboxylic acids is 1. The zero-order valence-corrected chi connectivity index (χ0v) is 8.27. The number of nitrogens with zero attached hydrogens (tertiary/aromatic N) is 3. The second kappa shape index (κ2) is 5.97. The van der Waals surface area contributed by atoms with Crippen molar-refractivity contribution in [2.24, 2.45) is 0 Å². The first-order chi connectivity index (χ1) is 7.26. The number of rotatable bonds is 3. The smallest absolute Gasteiger partial charge is 0.235 e. The second-order valence-electron chi connectivity index (χ2n) is 3.16. The Hall–Kier alpha value is -1.63. The van der Waals surface area contributed by atoms with Crippen molar-refractivity contribution in [3.63, 3.8) is 0 Å². The third-order valence-corrected chi connectivity index (χ3v) is 2.03. The van der Waals surface area contributed by atoms with Crippen LogP contribution in [0.25, 0.3) is 0 Å². The van der Waals surface area contributed by atoms with Crippen LogP contribution in [0.15, 0.2) is 0 Å². The highest BCUT2D eigenvalue weighted by molar-refractivity contribution is 5.78. The molecule has 0 saturated carbocycles. The summed E-state index contributed by atoms with van der Waals surface area (Å²) in [6.45, 7) is 1.77. The number of ether oxygens (including phenoxy) is 1. The number of amides is 1. The van der Waals surface area contributed by atoms with Gasteiger partial charge in [0.05, 0.1) is 25.3 Å². The van der Waals surface area contributed by atoms with E-state index in [1.165, 1.54) is 0 Å². The second-order valence-corrected chi connectivity index (χ2v) is 3.16. The SMILES string of the molecule is N#CCNC(=O)CN1CCOC(C#N)C1. The monoisotopic (exact) mass is 208 g/mol. The van der Waals surface area contributed by atoms with Gasteiger partial charge in [-0.15, -0.1) is 0 Å². The van der Waals surface area contributed by atoms with Crippen LogP contribution in [-0.4, -0.2) is 49.7 Å². The molecule has 1 aliphatic rings. The molecule has 80 valence electrons. The molecule has 0 aromatic rings. The first-order valence-corrected chi connectivity index (χ1v) is 4.63. The van der Waals surface area contributed by atoms with Crippen molar-refractivity contribution in [3.8, 4) is 12.1 Å². The zero-order valence-electron chi connectivity index (χ0n) is 8.27. The fraction of sp³-hybridized carbons (Fsp3) is 0.667. The summed E-state index contributed by atoms with van der Waals surface area (Å²) < 4.78 is 5.13. The van der Waals surface area contributed by atoms with Crippen molar-refractivity contribution >= 4 is 5.91 Å². The van der Waals surface area contributed by atoms with E-state index < -0.39 is 6.10 Å². The van der Waals surface area contributed by atoms with Crippen LogP contribution in [0.1, 0.15) is 0 Å². The van der Waals surface area contributed by atoms with Gasteiger partial charge in [0.25, 0.3) is 0 Å². The van der Waals surface area contributed by atoms with Crippen LogP contribution in [0.4, 0.5) is 0 Å². The standard InChI is InChI=1S/C9H12N4O2/c10-1-2-12-9(14)7-13-3-4-15-8(5-11)6-13/h8H,2-4,6-7H2,(H,12,14). The molecule has 1 amide bonds. The molecular formula is C9H12N4O2. The molecule has 0 spiro atoms. The lowest BCUT2D eigenvalue weighted by atomic mass is 10.3. The molecule has 1 unspecified atom stereocenters. The topological polar surface area (TPSA) is 89.2 Å². The zero-order chi connectivity index (χ0) is 11.1. The van der Waals surface area contributed by atoms with E-state index in [1.54, 1.807) is 0 Å². The molecule has 1 rings (SSSR count). The lowest BCUT2D eigenvalue weighted by molar-refractivity contribution is -0.123. The van der Waals surface area contributed by atoms with Crippen molar-refractivity contribution in [3.05, 3.63) is 0 Å². The Labute approximate surface area is 88.0 Å². The van der Waals surface area contributed by atoms with Gasteiger partial charge in [0.15, 0.2) is 6.10 Å². The molecule has 1 N–H and O–H groups in total. The van der Waals surface area contributed by atoms with Crippen LogP contribution >= 0.6 is 0 Å². The Bertz CT molecular complexity index is 304. The molecular weight excluding hydrogens is 196 g/mol. The highest BCUT2D eigenvalue weighted by Crippen LogP contribution is 2.03. The third-order valence-electron chi connectivity index (χ3n) is 2.03. The number of nitriles is 2. The van der Waals surface area contributed by atoms with Gasteiger partial charge < -0.3 is 10.1 Å². The van der Waals surface area contributed by atoms with E-state index in [0.29, 0.717) is 19.7 Å². The Morgan fingerprint density at radius 3 is 3.07 bits per heavy atom. The molecule has 1 atom stereocenters. The summed E-state index contributed by atoms with van der Waals surface area (Å²) in [5.74, 6) is -0.199. The predicted molar refractivity (Wildman–Crippen MR) is 50.4 cm³/mol. The fourth-order valence-electron chi connectivity index (χ4n) is 1.32. The third kappa shape index (κ3) is 3.94. The number of hydrogen-bond donors (Lipinski definition) is 1. The summed E-state index contributed by atoms with van der Waals surface area (Å²) >= 11 is 0. The van der Waals surface area contributed by atoms with Gasteiger partial charge >= 0.3 is 0 Å². The van der Waals surface area contributed by atoms with Crippen LogP contribution in [0.5, 0.6) is 0 Å². The average Bonchev–Trinajstić information content (AvgIpc) is 2.26. The Balaban J connectivity index is 2.29. The van der Waals surface area contributed by atoms with E-state index in [2.05, 4.69) is 5.32 Å². The molecule has 0 aliphatic carbocycles. The van der Waals surface area contributed by atoms with Gasteiger partial charge in [0.2, 0.25) is 5.91 Å². The van der Waals surface area contributed by atoms with E-state index in [-0.39, 0.29) is 19.0 Å². The highest BCUT2D eigenvalue weighted by atomic mass is 16.5. The molecule has 0 aromatic heterocycles. The molecule has 1 heterocycles. The minimum Gasteiger partial charge on any atom is -0.361 e. The van der Waals surface area contributed by atoms with Crippen LogP contribution in [-0.2, 0) is 9.53 Å². The maximum absolute atomic E-state index is 11.2. The molecule has 0 bridgehead atoms. The number of morpholine rings is 1. The Morgan fingerprint density at radius 1 is 1.60 bits per heavy atom. The van der Waals surface area contributed by atoms with Gasteiger partial charge in [0, 0.05) is 13.1 Å². The summed E-state index contributed by atoms with van der Waals surface area (Å²) in [5, 5.41) is 19.3. The summed E-state index contributed by atoms with van der Waals surface area (Å²) in [5.41, 5.74) is 0. The van der Waals surface area contributed by atoms with E-state index in [4.69, 9.17) is 15.3 Å². The normalized spacial score (nSPS) is 21.3. The van der Waals surface area contributed by atoms with Gasteiger partial charge in [-0.05, 0) is 0 Å². The number of carbonyl (C=O) groups is 1. The van der Waals surface area contributed by atoms with Crippen molar-refractivity contribution in [2.75, 3.05) is 32.8 Å². The number of hydrogen-bond acceptors (Lipinski definition) is 5. The van der Waals surface area contributed by atoms with Crippen molar-refractivity contribution in [1.82, 2.24) is 10.2 Å². The van der Waals surface area contributed by atoms with E-state index in [9.17, 15) is 4.79 Å².